The van der Waals surface area contributed by atoms with Crippen molar-refractivity contribution in [3.8, 4) is 0 Å². The van der Waals surface area contributed by atoms with Crippen LogP contribution in [0.5, 0.6) is 0 Å². The van der Waals surface area contributed by atoms with Crippen molar-refractivity contribution in [3.05, 3.63) is 81.9 Å². The van der Waals surface area contributed by atoms with Crippen molar-refractivity contribution < 1.29 is 24.0 Å². The van der Waals surface area contributed by atoms with Gasteiger partial charge < -0.3 is 10.1 Å². The van der Waals surface area contributed by atoms with Gasteiger partial charge in [-0.05, 0) is 35.2 Å². The van der Waals surface area contributed by atoms with Crippen LogP contribution >= 0.6 is 0 Å². The predicted octanol–water partition coefficient (Wildman–Crippen LogP) is 3.14. The third kappa shape index (κ3) is 3.63. The SMILES string of the molecule is CC(C)(C)c1ccc(C(=O)NC[C@@]23C=C[C@@H](O2)[C@@H]2C(=O)N(c4ccc([N+](=O)[O-])cc4)C(=O)[C@@H]23)cc1. The Kier molecular flexibility index (Phi) is 5.14. The molecule has 3 aliphatic heterocycles. The highest BCUT2D eigenvalue weighted by Gasteiger charge is 2.67. The maximum Gasteiger partial charge on any atom is 0.269 e. The van der Waals surface area contributed by atoms with Crippen LogP contribution in [0.4, 0.5) is 11.4 Å². The fraction of sp³-hybridized carbons (Fsp3) is 0.346. The van der Waals surface area contributed by atoms with Gasteiger partial charge in [-0.25, -0.2) is 4.90 Å². The van der Waals surface area contributed by atoms with Gasteiger partial charge in [0.2, 0.25) is 11.8 Å². The van der Waals surface area contributed by atoms with Crippen LogP contribution < -0.4 is 10.2 Å². The molecule has 3 heterocycles. The highest BCUT2D eigenvalue weighted by molar-refractivity contribution is 6.23. The summed E-state index contributed by atoms with van der Waals surface area (Å²) in [4.78, 5) is 50.9. The molecule has 5 rings (SSSR count). The minimum Gasteiger partial charge on any atom is -0.360 e. The van der Waals surface area contributed by atoms with Gasteiger partial charge in [0.15, 0.2) is 0 Å². The molecule has 2 bridgehead atoms. The zero-order valence-corrected chi connectivity index (χ0v) is 19.6. The Morgan fingerprint density at radius 3 is 2.34 bits per heavy atom. The zero-order chi connectivity index (χ0) is 25.1. The summed E-state index contributed by atoms with van der Waals surface area (Å²) in [6.07, 6.45) is 2.95. The second-order valence-corrected chi connectivity index (χ2v) is 10.2. The van der Waals surface area contributed by atoms with Crippen LogP contribution in [0.1, 0.15) is 36.7 Å². The van der Waals surface area contributed by atoms with E-state index in [9.17, 15) is 24.5 Å². The summed E-state index contributed by atoms with van der Waals surface area (Å²) in [5.74, 6) is -2.64. The van der Waals surface area contributed by atoms with Gasteiger partial charge in [0, 0.05) is 17.7 Å². The number of imide groups is 1. The molecule has 9 nitrogen and oxygen atoms in total. The smallest absolute Gasteiger partial charge is 0.269 e. The molecule has 3 amide bonds. The van der Waals surface area contributed by atoms with Gasteiger partial charge in [-0.1, -0.05) is 45.1 Å². The Hall–Kier alpha value is -3.85. The van der Waals surface area contributed by atoms with Crippen molar-refractivity contribution in [2.45, 2.75) is 37.9 Å². The molecule has 9 heteroatoms. The van der Waals surface area contributed by atoms with E-state index >= 15 is 0 Å². The molecule has 0 spiro atoms. The number of nitro benzene ring substituents is 1. The lowest BCUT2D eigenvalue weighted by Gasteiger charge is -2.29. The summed E-state index contributed by atoms with van der Waals surface area (Å²) in [7, 11) is 0. The lowest BCUT2D eigenvalue weighted by atomic mass is 9.77. The number of carbonyl (C=O) groups excluding carboxylic acids is 3. The number of non-ortho nitro benzene ring substituents is 1. The van der Waals surface area contributed by atoms with E-state index in [1.54, 1.807) is 24.3 Å². The van der Waals surface area contributed by atoms with Crippen LogP contribution in [-0.2, 0) is 19.7 Å². The first-order valence-corrected chi connectivity index (χ1v) is 11.4. The number of benzene rings is 2. The van der Waals surface area contributed by atoms with Crippen LogP contribution in [0.2, 0.25) is 0 Å². The normalized spacial score (nSPS) is 26.8. The average Bonchev–Trinajstić information content (AvgIpc) is 3.47. The third-order valence-electron chi connectivity index (χ3n) is 7.01. The van der Waals surface area contributed by atoms with Gasteiger partial charge in [0.1, 0.15) is 5.60 Å². The van der Waals surface area contributed by atoms with Gasteiger partial charge in [-0.15, -0.1) is 0 Å². The standard InChI is InChI=1S/C26H25N3O6/c1-25(2,3)16-6-4-15(5-7-16)22(30)27-14-26-13-12-19(35-26)20-21(26)24(32)28(23(20)31)17-8-10-18(11-9-17)29(33)34/h4-13,19-21H,14H2,1-3H3,(H,27,30)/t19-,20+,21-,26-/m1/s1. The number of carbonyl (C=O) groups is 3. The molecule has 180 valence electrons. The molecule has 0 aromatic heterocycles. The van der Waals surface area contributed by atoms with E-state index in [4.69, 9.17) is 4.74 Å². The maximum atomic E-state index is 13.4. The Labute approximate surface area is 201 Å². The van der Waals surface area contributed by atoms with Crippen LogP contribution in [-0.4, -0.2) is 40.9 Å². The summed E-state index contributed by atoms with van der Waals surface area (Å²) >= 11 is 0. The Morgan fingerprint density at radius 2 is 1.74 bits per heavy atom. The molecule has 2 aromatic rings. The van der Waals surface area contributed by atoms with Crippen LogP contribution in [0.3, 0.4) is 0 Å². The van der Waals surface area contributed by atoms with Gasteiger partial charge in [-0.2, -0.15) is 0 Å². The molecular formula is C26H25N3O6. The van der Waals surface area contributed by atoms with E-state index in [-0.39, 0.29) is 29.2 Å². The monoisotopic (exact) mass is 475 g/mol. The molecular weight excluding hydrogens is 450 g/mol. The number of fused-ring (bicyclic) bond motifs is 5. The van der Waals surface area contributed by atoms with Crippen LogP contribution in [0.25, 0.3) is 0 Å². The van der Waals surface area contributed by atoms with Crippen molar-refractivity contribution in [3.63, 3.8) is 0 Å². The quantitative estimate of drug-likeness (QED) is 0.307. The van der Waals surface area contributed by atoms with Gasteiger partial charge in [0.05, 0.1) is 35.1 Å². The van der Waals surface area contributed by atoms with Gasteiger partial charge >= 0.3 is 0 Å². The third-order valence-corrected chi connectivity index (χ3v) is 7.01. The van der Waals surface area contributed by atoms with Crippen molar-refractivity contribution in [1.29, 1.82) is 0 Å². The first-order chi connectivity index (χ1) is 16.5. The molecule has 1 N–H and O–H groups in total. The van der Waals surface area contributed by atoms with Crippen LogP contribution in [0.15, 0.2) is 60.7 Å². The molecule has 0 unspecified atom stereocenters. The average molecular weight is 476 g/mol. The fourth-order valence-electron chi connectivity index (χ4n) is 5.13. The Balaban J connectivity index is 1.34. The number of amides is 3. The van der Waals surface area contributed by atoms with Crippen molar-refractivity contribution in [2.24, 2.45) is 11.8 Å². The molecule has 3 aliphatic rings. The number of nitro groups is 1. The number of hydrogen-bond donors (Lipinski definition) is 1. The Morgan fingerprint density at radius 1 is 1.09 bits per heavy atom. The summed E-state index contributed by atoms with van der Waals surface area (Å²) in [6, 6.07) is 12.7. The topological polar surface area (TPSA) is 119 Å². The zero-order valence-electron chi connectivity index (χ0n) is 19.6. The predicted molar refractivity (Wildman–Crippen MR) is 127 cm³/mol. The highest BCUT2D eigenvalue weighted by atomic mass is 16.6. The summed E-state index contributed by atoms with van der Waals surface area (Å²) in [6.45, 7) is 6.32. The maximum absolute atomic E-state index is 13.4. The molecule has 2 saturated heterocycles. The van der Waals surface area contributed by atoms with Crippen molar-refractivity contribution in [1.82, 2.24) is 5.32 Å². The fourth-order valence-corrected chi connectivity index (χ4v) is 5.13. The van der Waals surface area contributed by atoms with Crippen molar-refractivity contribution in [2.75, 3.05) is 11.4 Å². The molecule has 2 aromatic carbocycles. The van der Waals surface area contributed by atoms with E-state index in [1.165, 1.54) is 24.3 Å². The lowest BCUT2D eigenvalue weighted by molar-refractivity contribution is -0.384. The molecule has 35 heavy (non-hydrogen) atoms. The van der Waals surface area contributed by atoms with Crippen molar-refractivity contribution >= 4 is 29.1 Å². The minimum absolute atomic E-state index is 0.0325. The number of anilines is 1. The largest absolute Gasteiger partial charge is 0.360 e. The molecule has 0 aliphatic carbocycles. The lowest BCUT2D eigenvalue weighted by Crippen LogP contribution is -2.48. The summed E-state index contributed by atoms with van der Waals surface area (Å²) < 4.78 is 6.07. The van der Waals surface area contributed by atoms with E-state index in [1.807, 2.05) is 12.1 Å². The van der Waals surface area contributed by atoms with Gasteiger partial charge in [-0.3, -0.25) is 24.5 Å². The summed E-state index contributed by atoms with van der Waals surface area (Å²) in [5.41, 5.74) is 0.583. The number of rotatable bonds is 5. The highest BCUT2D eigenvalue weighted by Crippen LogP contribution is 2.52. The van der Waals surface area contributed by atoms with E-state index in [0.29, 0.717) is 5.56 Å². The number of hydrogen-bond acceptors (Lipinski definition) is 6. The first kappa shape index (κ1) is 22.9. The van der Waals surface area contributed by atoms with E-state index in [0.717, 1.165) is 10.5 Å². The molecule has 0 saturated carbocycles. The van der Waals surface area contributed by atoms with E-state index in [2.05, 4.69) is 26.1 Å². The number of nitrogens with one attached hydrogen (secondary N) is 1. The number of ether oxygens (including phenoxy) is 1. The minimum atomic E-state index is -1.13. The molecule has 4 atom stereocenters. The second-order valence-electron chi connectivity index (χ2n) is 10.2. The number of nitrogens with zero attached hydrogens (tertiary/aromatic N) is 2. The van der Waals surface area contributed by atoms with Gasteiger partial charge in [0.25, 0.3) is 11.6 Å². The van der Waals surface area contributed by atoms with Crippen LogP contribution in [0, 0.1) is 22.0 Å². The molecule has 0 radical (unpaired) electrons. The summed E-state index contributed by atoms with van der Waals surface area (Å²) in [5, 5.41) is 13.8. The first-order valence-electron chi connectivity index (χ1n) is 11.4. The van der Waals surface area contributed by atoms with E-state index < -0.39 is 40.3 Å². The molecule has 2 fully saturated rings. The second kappa shape index (κ2) is 7.84. The Bertz CT molecular complexity index is 1260.